The molecule has 1 aromatic carbocycles. The van der Waals surface area contributed by atoms with E-state index in [1.165, 1.54) is 0 Å². The fraction of sp³-hybridized carbons (Fsp3) is 0.533. The Morgan fingerprint density at radius 1 is 1.26 bits per heavy atom. The highest BCUT2D eigenvalue weighted by atomic mass is 16.5. The molecule has 4 heteroatoms. The Balaban J connectivity index is 2.86. The predicted molar refractivity (Wildman–Crippen MR) is 75.2 cm³/mol. The number of aryl methyl sites for hydroxylation is 1. The lowest BCUT2D eigenvalue weighted by atomic mass is 10.1. The van der Waals surface area contributed by atoms with Gasteiger partial charge < -0.3 is 15.2 Å². The SMILES string of the molecule is Cc1ccc(C(C)O)c(OC(C)C(=O)NC(C)C)c1. The molecule has 0 heterocycles. The smallest absolute Gasteiger partial charge is 0.260 e. The van der Waals surface area contributed by atoms with Crippen molar-refractivity contribution in [3.63, 3.8) is 0 Å². The topological polar surface area (TPSA) is 58.6 Å². The van der Waals surface area contributed by atoms with Gasteiger partial charge in [-0.05, 0) is 46.2 Å². The zero-order valence-corrected chi connectivity index (χ0v) is 12.2. The number of ether oxygens (including phenoxy) is 1. The third kappa shape index (κ3) is 4.56. The van der Waals surface area contributed by atoms with Crippen LogP contribution in [0.3, 0.4) is 0 Å². The first-order valence-electron chi connectivity index (χ1n) is 6.57. The number of benzene rings is 1. The Morgan fingerprint density at radius 3 is 2.42 bits per heavy atom. The van der Waals surface area contributed by atoms with Crippen molar-refractivity contribution in [3.8, 4) is 5.75 Å². The van der Waals surface area contributed by atoms with Crippen LogP contribution in [0.4, 0.5) is 0 Å². The summed E-state index contributed by atoms with van der Waals surface area (Å²) in [7, 11) is 0. The number of carbonyl (C=O) groups excluding carboxylic acids is 1. The molecule has 0 saturated carbocycles. The van der Waals surface area contributed by atoms with Crippen LogP contribution in [0.5, 0.6) is 5.75 Å². The number of aliphatic hydroxyl groups excluding tert-OH is 1. The van der Waals surface area contributed by atoms with Gasteiger partial charge in [0.15, 0.2) is 6.10 Å². The van der Waals surface area contributed by atoms with E-state index in [9.17, 15) is 9.90 Å². The van der Waals surface area contributed by atoms with Crippen LogP contribution in [0.1, 0.15) is 44.9 Å². The highest BCUT2D eigenvalue weighted by Crippen LogP contribution is 2.27. The van der Waals surface area contributed by atoms with Crippen molar-refractivity contribution in [2.24, 2.45) is 0 Å². The summed E-state index contributed by atoms with van der Waals surface area (Å²) in [6.07, 6.45) is -1.22. The number of nitrogens with one attached hydrogen (secondary N) is 1. The summed E-state index contributed by atoms with van der Waals surface area (Å²) in [5.74, 6) is 0.398. The van der Waals surface area contributed by atoms with E-state index in [1.807, 2.05) is 39.0 Å². The maximum absolute atomic E-state index is 11.8. The fourth-order valence-corrected chi connectivity index (χ4v) is 1.73. The molecule has 0 bridgehead atoms. The number of amides is 1. The summed E-state index contributed by atoms with van der Waals surface area (Å²) < 4.78 is 5.68. The number of rotatable bonds is 5. The van der Waals surface area contributed by atoms with Gasteiger partial charge in [0.25, 0.3) is 5.91 Å². The minimum atomic E-state index is -0.629. The van der Waals surface area contributed by atoms with E-state index < -0.39 is 12.2 Å². The third-order valence-corrected chi connectivity index (χ3v) is 2.72. The Labute approximate surface area is 114 Å². The molecular formula is C15H23NO3. The van der Waals surface area contributed by atoms with Gasteiger partial charge in [-0.15, -0.1) is 0 Å². The van der Waals surface area contributed by atoms with Crippen molar-refractivity contribution in [2.45, 2.75) is 52.9 Å². The minimum Gasteiger partial charge on any atom is -0.481 e. The molecule has 1 amide bonds. The molecule has 0 fully saturated rings. The van der Waals surface area contributed by atoms with Gasteiger partial charge in [0.2, 0.25) is 0 Å². The normalized spacial score (nSPS) is 14.1. The van der Waals surface area contributed by atoms with Crippen LogP contribution in [0.2, 0.25) is 0 Å². The van der Waals surface area contributed by atoms with Crippen LogP contribution in [0.25, 0.3) is 0 Å². The van der Waals surface area contributed by atoms with Crippen molar-refractivity contribution in [1.82, 2.24) is 5.32 Å². The Hall–Kier alpha value is -1.55. The molecule has 0 aromatic heterocycles. The first-order chi connectivity index (χ1) is 8.81. The molecule has 2 atom stereocenters. The maximum atomic E-state index is 11.8. The highest BCUT2D eigenvalue weighted by molar-refractivity contribution is 5.81. The molecule has 2 unspecified atom stereocenters. The van der Waals surface area contributed by atoms with Gasteiger partial charge >= 0.3 is 0 Å². The van der Waals surface area contributed by atoms with Crippen LogP contribution in [-0.4, -0.2) is 23.2 Å². The summed E-state index contributed by atoms with van der Waals surface area (Å²) >= 11 is 0. The summed E-state index contributed by atoms with van der Waals surface area (Å²) in [4.78, 5) is 11.8. The predicted octanol–water partition coefficient (Wildman–Crippen LogP) is 2.34. The van der Waals surface area contributed by atoms with E-state index in [-0.39, 0.29) is 11.9 Å². The molecular weight excluding hydrogens is 242 g/mol. The van der Waals surface area contributed by atoms with Gasteiger partial charge in [-0.2, -0.15) is 0 Å². The number of hydrogen-bond acceptors (Lipinski definition) is 3. The summed E-state index contributed by atoms with van der Waals surface area (Å²) in [6, 6.07) is 5.64. The zero-order valence-electron chi connectivity index (χ0n) is 12.2. The highest BCUT2D eigenvalue weighted by Gasteiger charge is 2.18. The van der Waals surface area contributed by atoms with E-state index in [2.05, 4.69) is 5.32 Å². The van der Waals surface area contributed by atoms with Gasteiger partial charge in [-0.3, -0.25) is 4.79 Å². The van der Waals surface area contributed by atoms with E-state index in [4.69, 9.17) is 4.74 Å². The molecule has 0 saturated heterocycles. The first-order valence-corrected chi connectivity index (χ1v) is 6.57. The molecule has 0 aliphatic rings. The lowest BCUT2D eigenvalue weighted by Crippen LogP contribution is -2.40. The standard InChI is InChI=1S/C15H23NO3/c1-9(2)16-15(18)12(5)19-14-8-10(3)6-7-13(14)11(4)17/h6-9,11-12,17H,1-5H3,(H,16,18). The van der Waals surface area contributed by atoms with Crippen molar-refractivity contribution in [1.29, 1.82) is 0 Å². The average molecular weight is 265 g/mol. The van der Waals surface area contributed by atoms with E-state index in [0.29, 0.717) is 11.3 Å². The van der Waals surface area contributed by atoms with Crippen LogP contribution >= 0.6 is 0 Å². The second-order valence-corrected chi connectivity index (χ2v) is 5.14. The molecule has 0 spiro atoms. The Morgan fingerprint density at radius 2 is 1.89 bits per heavy atom. The van der Waals surface area contributed by atoms with Crippen LogP contribution in [0.15, 0.2) is 18.2 Å². The fourth-order valence-electron chi connectivity index (χ4n) is 1.73. The minimum absolute atomic E-state index is 0.0762. The first kappa shape index (κ1) is 15.5. The van der Waals surface area contributed by atoms with Crippen molar-refractivity contribution < 1.29 is 14.6 Å². The van der Waals surface area contributed by atoms with Gasteiger partial charge in [0.1, 0.15) is 5.75 Å². The third-order valence-electron chi connectivity index (χ3n) is 2.72. The molecule has 4 nitrogen and oxygen atoms in total. The van der Waals surface area contributed by atoms with Gasteiger partial charge in [-0.1, -0.05) is 12.1 Å². The summed E-state index contributed by atoms with van der Waals surface area (Å²) in [5.41, 5.74) is 1.71. The van der Waals surface area contributed by atoms with Crippen LogP contribution < -0.4 is 10.1 Å². The quantitative estimate of drug-likeness (QED) is 0.859. The lowest BCUT2D eigenvalue weighted by Gasteiger charge is -2.19. The van der Waals surface area contributed by atoms with E-state index in [1.54, 1.807) is 13.8 Å². The van der Waals surface area contributed by atoms with Gasteiger partial charge in [0.05, 0.1) is 6.10 Å². The second kappa shape index (κ2) is 6.57. The van der Waals surface area contributed by atoms with Crippen LogP contribution in [0, 0.1) is 6.92 Å². The lowest BCUT2D eigenvalue weighted by molar-refractivity contribution is -0.127. The molecule has 2 N–H and O–H groups in total. The molecule has 106 valence electrons. The van der Waals surface area contributed by atoms with Gasteiger partial charge in [0, 0.05) is 11.6 Å². The summed E-state index contributed by atoms with van der Waals surface area (Å²) in [5, 5.41) is 12.5. The molecule has 0 radical (unpaired) electrons. The van der Waals surface area contributed by atoms with Crippen LogP contribution in [-0.2, 0) is 4.79 Å². The van der Waals surface area contributed by atoms with Crippen molar-refractivity contribution in [3.05, 3.63) is 29.3 Å². The average Bonchev–Trinajstić information content (AvgIpc) is 2.27. The molecule has 1 rings (SSSR count). The Bertz CT molecular complexity index is 441. The summed E-state index contributed by atoms with van der Waals surface area (Å²) in [6.45, 7) is 9.12. The van der Waals surface area contributed by atoms with E-state index >= 15 is 0 Å². The monoisotopic (exact) mass is 265 g/mol. The second-order valence-electron chi connectivity index (χ2n) is 5.14. The van der Waals surface area contributed by atoms with Gasteiger partial charge in [-0.25, -0.2) is 0 Å². The van der Waals surface area contributed by atoms with Crippen molar-refractivity contribution >= 4 is 5.91 Å². The molecule has 19 heavy (non-hydrogen) atoms. The molecule has 0 aliphatic heterocycles. The van der Waals surface area contributed by atoms with E-state index in [0.717, 1.165) is 5.56 Å². The zero-order chi connectivity index (χ0) is 14.6. The maximum Gasteiger partial charge on any atom is 0.260 e. The van der Waals surface area contributed by atoms with Crippen molar-refractivity contribution in [2.75, 3.05) is 0 Å². The Kier molecular flexibility index (Phi) is 5.36. The number of carbonyl (C=O) groups is 1. The molecule has 0 aliphatic carbocycles. The number of aliphatic hydroxyl groups is 1. The number of hydrogen-bond donors (Lipinski definition) is 2. The largest absolute Gasteiger partial charge is 0.481 e. The molecule has 1 aromatic rings.